The highest BCUT2D eigenvalue weighted by Gasteiger charge is 2.44. The molecular weight excluding hydrogens is 230 g/mol. The predicted octanol–water partition coefficient (Wildman–Crippen LogP) is -2.03. The van der Waals surface area contributed by atoms with Crippen molar-refractivity contribution in [1.82, 2.24) is 5.32 Å². The SMILES string of the molecule is CCC(=O)N[C@H]1[C@H](O)[C@@H](O)[C@@H](OC)O[C@@H]1CO. The monoisotopic (exact) mass is 249 g/mol. The molecular formula is C10H19NO6. The number of amides is 1. The first-order chi connectivity index (χ1) is 8.04. The Morgan fingerprint density at radius 2 is 2.06 bits per heavy atom. The van der Waals surface area contributed by atoms with Gasteiger partial charge in [-0.2, -0.15) is 0 Å². The van der Waals surface area contributed by atoms with Crippen LogP contribution in [0.1, 0.15) is 13.3 Å². The number of aliphatic hydroxyl groups excluding tert-OH is 3. The summed E-state index contributed by atoms with van der Waals surface area (Å²) in [6, 6.07) is -0.853. The van der Waals surface area contributed by atoms with Crippen molar-refractivity contribution in [3.63, 3.8) is 0 Å². The van der Waals surface area contributed by atoms with Crippen LogP contribution in [-0.4, -0.2) is 65.6 Å². The predicted molar refractivity (Wildman–Crippen MR) is 57.0 cm³/mol. The maximum Gasteiger partial charge on any atom is 0.220 e. The summed E-state index contributed by atoms with van der Waals surface area (Å²) in [7, 11) is 1.32. The zero-order valence-electron chi connectivity index (χ0n) is 9.87. The van der Waals surface area contributed by atoms with Crippen molar-refractivity contribution >= 4 is 5.91 Å². The van der Waals surface area contributed by atoms with Crippen molar-refractivity contribution in [2.45, 2.75) is 44.0 Å². The Hall–Kier alpha value is -0.730. The molecule has 1 amide bonds. The summed E-state index contributed by atoms with van der Waals surface area (Å²) in [5.41, 5.74) is 0. The normalized spacial score (nSPS) is 37.8. The summed E-state index contributed by atoms with van der Waals surface area (Å²) in [6.07, 6.45) is -4.11. The van der Waals surface area contributed by atoms with E-state index in [1.807, 2.05) is 0 Å². The molecule has 1 aliphatic rings. The standard InChI is InChI=1S/C10H19NO6/c1-3-6(13)11-7-5(4-12)17-10(16-2)9(15)8(7)14/h5,7-10,12,14-15H,3-4H2,1-2H3,(H,11,13)/t5-,7-,8+,9-,10+/m1/s1. The smallest absolute Gasteiger partial charge is 0.220 e. The van der Waals surface area contributed by atoms with Crippen LogP contribution in [0.2, 0.25) is 0 Å². The maximum absolute atomic E-state index is 11.3. The fourth-order valence-corrected chi connectivity index (χ4v) is 1.75. The van der Waals surface area contributed by atoms with Crippen LogP contribution < -0.4 is 5.32 Å². The first kappa shape index (κ1) is 14.3. The summed E-state index contributed by atoms with van der Waals surface area (Å²) in [4.78, 5) is 11.3. The molecule has 7 nitrogen and oxygen atoms in total. The van der Waals surface area contributed by atoms with Gasteiger partial charge >= 0.3 is 0 Å². The second kappa shape index (κ2) is 6.27. The minimum atomic E-state index is -1.27. The molecule has 0 saturated carbocycles. The number of hydrogen-bond donors (Lipinski definition) is 4. The Bertz CT molecular complexity index is 259. The zero-order valence-corrected chi connectivity index (χ0v) is 9.87. The lowest BCUT2D eigenvalue weighted by Crippen LogP contribution is -2.64. The van der Waals surface area contributed by atoms with Crippen LogP contribution in [0.5, 0.6) is 0 Å². The fourth-order valence-electron chi connectivity index (χ4n) is 1.75. The number of methoxy groups -OCH3 is 1. The molecule has 0 aliphatic carbocycles. The molecule has 0 unspecified atom stereocenters. The Morgan fingerprint density at radius 3 is 2.53 bits per heavy atom. The summed E-state index contributed by atoms with van der Waals surface area (Å²) in [6.45, 7) is 1.27. The van der Waals surface area contributed by atoms with Crippen molar-refractivity contribution in [3.05, 3.63) is 0 Å². The van der Waals surface area contributed by atoms with Gasteiger partial charge < -0.3 is 30.1 Å². The van der Waals surface area contributed by atoms with E-state index < -0.39 is 37.3 Å². The average Bonchev–Trinajstić information content (AvgIpc) is 2.35. The van der Waals surface area contributed by atoms with Gasteiger partial charge in [0.2, 0.25) is 5.91 Å². The van der Waals surface area contributed by atoms with Crippen LogP contribution in [0.3, 0.4) is 0 Å². The number of aliphatic hydroxyl groups is 3. The van der Waals surface area contributed by atoms with Gasteiger partial charge in [0.15, 0.2) is 6.29 Å². The average molecular weight is 249 g/mol. The lowest BCUT2D eigenvalue weighted by Gasteiger charge is -2.41. The first-order valence-corrected chi connectivity index (χ1v) is 5.49. The van der Waals surface area contributed by atoms with E-state index in [0.29, 0.717) is 0 Å². The van der Waals surface area contributed by atoms with Gasteiger partial charge in [-0.1, -0.05) is 6.92 Å². The van der Waals surface area contributed by atoms with Crippen LogP contribution in [-0.2, 0) is 14.3 Å². The number of hydrogen-bond acceptors (Lipinski definition) is 6. The van der Waals surface area contributed by atoms with Gasteiger partial charge in [-0.15, -0.1) is 0 Å². The van der Waals surface area contributed by atoms with Crippen molar-refractivity contribution in [3.8, 4) is 0 Å². The van der Waals surface area contributed by atoms with Crippen molar-refractivity contribution in [2.24, 2.45) is 0 Å². The third kappa shape index (κ3) is 3.14. The van der Waals surface area contributed by atoms with E-state index >= 15 is 0 Å². The van der Waals surface area contributed by atoms with E-state index in [1.165, 1.54) is 7.11 Å². The van der Waals surface area contributed by atoms with Gasteiger partial charge in [0.1, 0.15) is 18.3 Å². The zero-order chi connectivity index (χ0) is 13.0. The highest BCUT2D eigenvalue weighted by molar-refractivity contribution is 5.76. The van der Waals surface area contributed by atoms with E-state index in [2.05, 4.69) is 5.32 Å². The summed E-state index contributed by atoms with van der Waals surface area (Å²) in [5, 5.41) is 31.2. The molecule has 0 aromatic heterocycles. The third-order valence-electron chi connectivity index (χ3n) is 2.77. The number of carbonyl (C=O) groups is 1. The lowest BCUT2D eigenvalue weighted by atomic mass is 9.96. The quantitative estimate of drug-likeness (QED) is 0.457. The minimum Gasteiger partial charge on any atom is -0.394 e. The van der Waals surface area contributed by atoms with Crippen molar-refractivity contribution in [2.75, 3.05) is 13.7 Å². The van der Waals surface area contributed by atoms with E-state index in [0.717, 1.165) is 0 Å². The Kier molecular flexibility index (Phi) is 5.29. The van der Waals surface area contributed by atoms with Gasteiger partial charge in [0.25, 0.3) is 0 Å². The molecule has 17 heavy (non-hydrogen) atoms. The van der Waals surface area contributed by atoms with E-state index in [-0.39, 0.29) is 12.3 Å². The number of ether oxygens (including phenoxy) is 2. The van der Waals surface area contributed by atoms with Gasteiger partial charge in [-0.25, -0.2) is 0 Å². The first-order valence-electron chi connectivity index (χ1n) is 5.49. The van der Waals surface area contributed by atoms with Gasteiger partial charge in [-0.05, 0) is 0 Å². The molecule has 5 atom stereocenters. The second-order valence-electron chi connectivity index (χ2n) is 3.89. The van der Waals surface area contributed by atoms with E-state index in [1.54, 1.807) is 6.92 Å². The van der Waals surface area contributed by atoms with Crippen LogP contribution in [0.25, 0.3) is 0 Å². The fraction of sp³-hybridized carbons (Fsp3) is 0.900. The summed E-state index contributed by atoms with van der Waals surface area (Å²) >= 11 is 0. The van der Waals surface area contributed by atoms with E-state index in [9.17, 15) is 15.0 Å². The third-order valence-corrected chi connectivity index (χ3v) is 2.77. The van der Waals surface area contributed by atoms with Gasteiger partial charge in [-0.3, -0.25) is 4.79 Å². The number of carbonyl (C=O) groups excluding carboxylic acids is 1. The highest BCUT2D eigenvalue weighted by atomic mass is 16.7. The molecule has 1 aliphatic heterocycles. The molecule has 4 N–H and O–H groups in total. The molecule has 0 spiro atoms. The molecule has 0 radical (unpaired) electrons. The topological polar surface area (TPSA) is 108 Å². The molecule has 0 aromatic carbocycles. The Morgan fingerprint density at radius 1 is 1.41 bits per heavy atom. The maximum atomic E-state index is 11.3. The molecule has 1 rings (SSSR count). The molecule has 1 saturated heterocycles. The summed E-state index contributed by atoms with van der Waals surface area (Å²) in [5.74, 6) is -0.292. The molecule has 0 bridgehead atoms. The van der Waals surface area contributed by atoms with Crippen molar-refractivity contribution < 1.29 is 29.6 Å². The molecule has 1 heterocycles. The van der Waals surface area contributed by atoms with E-state index in [4.69, 9.17) is 14.6 Å². The van der Waals surface area contributed by atoms with Crippen LogP contribution in [0, 0.1) is 0 Å². The molecule has 0 aromatic rings. The van der Waals surface area contributed by atoms with Crippen LogP contribution in [0.4, 0.5) is 0 Å². The largest absolute Gasteiger partial charge is 0.394 e. The lowest BCUT2D eigenvalue weighted by molar-refractivity contribution is -0.271. The van der Waals surface area contributed by atoms with Crippen LogP contribution >= 0.6 is 0 Å². The molecule has 1 fully saturated rings. The molecule has 7 heteroatoms. The Balaban J connectivity index is 2.75. The van der Waals surface area contributed by atoms with Crippen LogP contribution in [0.15, 0.2) is 0 Å². The minimum absolute atomic E-state index is 0.241. The molecule has 100 valence electrons. The number of nitrogens with one attached hydrogen (secondary N) is 1. The van der Waals surface area contributed by atoms with Crippen molar-refractivity contribution in [1.29, 1.82) is 0 Å². The Labute approximate surface area is 99.3 Å². The van der Waals surface area contributed by atoms with Gasteiger partial charge in [0.05, 0.1) is 12.6 Å². The number of rotatable bonds is 4. The summed E-state index contributed by atoms with van der Waals surface area (Å²) < 4.78 is 10.1. The van der Waals surface area contributed by atoms with Gasteiger partial charge in [0, 0.05) is 13.5 Å². The second-order valence-corrected chi connectivity index (χ2v) is 3.89. The highest BCUT2D eigenvalue weighted by Crippen LogP contribution is 2.21.